The summed E-state index contributed by atoms with van der Waals surface area (Å²) in [7, 11) is 0. The molecule has 2 aromatic heterocycles. The third-order valence-corrected chi connectivity index (χ3v) is 5.70. The average molecular weight is 385 g/mol. The van der Waals surface area contributed by atoms with Crippen LogP contribution in [0.15, 0.2) is 69.5 Å². The third kappa shape index (κ3) is 3.71. The molecule has 0 aliphatic rings. The maximum atomic E-state index is 5.41. The largest absolute Gasteiger partial charge is 0.338 e. The molecule has 124 valence electrons. The Morgan fingerprint density at radius 3 is 2.52 bits per heavy atom. The monoisotopic (exact) mass is 384 g/mol. The molecule has 25 heavy (non-hydrogen) atoms. The number of para-hydroxylation sites is 1. The number of nitrogens with zero attached hydrogens (tertiary/aromatic N) is 4. The first kappa shape index (κ1) is 16.2. The summed E-state index contributed by atoms with van der Waals surface area (Å²) in [6.45, 7) is 0. The van der Waals surface area contributed by atoms with Crippen LogP contribution in [0.25, 0.3) is 17.1 Å². The van der Waals surface area contributed by atoms with Crippen LogP contribution in [0.2, 0.25) is 0 Å². The fourth-order valence-electron chi connectivity index (χ4n) is 2.19. The van der Waals surface area contributed by atoms with Crippen LogP contribution in [0.4, 0.5) is 0 Å². The van der Waals surface area contributed by atoms with Gasteiger partial charge in [-0.25, -0.2) is 4.68 Å². The average Bonchev–Trinajstić information content (AvgIpc) is 3.28. The first-order chi connectivity index (χ1) is 12.3. The summed E-state index contributed by atoms with van der Waals surface area (Å²) < 4.78 is 8.67. The smallest absolute Gasteiger partial charge is 0.237 e. The van der Waals surface area contributed by atoms with Gasteiger partial charge in [0.15, 0.2) is 8.29 Å². The first-order valence-corrected chi connectivity index (χ1v) is 9.67. The van der Waals surface area contributed by atoms with E-state index < -0.39 is 0 Å². The van der Waals surface area contributed by atoms with Crippen molar-refractivity contribution in [1.29, 1.82) is 0 Å². The Hall–Kier alpha value is -2.29. The van der Waals surface area contributed by atoms with Crippen molar-refractivity contribution in [1.82, 2.24) is 19.9 Å². The summed E-state index contributed by atoms with van der Waals surface area (Å²) in [5.74, 6) is 1.71. The fraction of sp³-hybridized carbons (Fsp3) is 0.0588. The van der Waals surface area contributed by atoms with Gasteiger partial charge in [0.05, 0.1) is 11.4 Å². The quantitative estimate of drug-likeness (QED) is 0.356. The lowest BCUT2D eigenvalue weighted by Gasteiger charge is -1.98. The molecule has 8 heteroatoms. The molecule has 0 atom stereocenters. The topological polar surface area (TPSA) is 56.7 Å². The molecule has 0 aliphatic heterocycles. The second kappa shape index (κ2) is 7.30. The van der Waals surface area contributed by atoms with E-state index in [-0.39, 0.29) is 0 Å². The number of benzene rings is 2. The zero-order chi connectivity index (χ0) is 17.1. The van der Waals surface area contributed by atoms with E-state index in [0.717, 1.165) is 15.6 Å². The van der Waals surface area contributed by atoms with E-state index in [9.17, 15) is 0 Å². The van der Waals surface area contributed by atoms with Crippen LogP contribution in [0.1, 0.15) is 5.89 Å². The molecule has 0 N–H and O–H groups in total. The molecule has 0 unspecified atom stereocenters. The Labute approximate surface area is 157 Å². The second-order valence-electron chi connectivity index (χ2n) is 5.05. The van der Waals surface area contributed by atoms with E-state index >= 15 is 0 Å². The predicted molar refractivity (Wildman–Crippen MR) is 102 cm³/mol. The highest BCUT2D eigenvalue weighted by Crippen LogP contribution is 2.27. The van der Waals surface area contributed by atoms with Gasteiger partial charge in [0.2, 0.25) is 11.7 Å². The molecule has 4 rings (SSSR count). The van der Waals surface area contributed by atoms with Crippen molar-refractivity contribution in [3.8, 4) is 17.1 Å². The van der Waals surface area contributed by atoms with E-state index in [2.05, 4.69) is 15.2 Å². The molecule has 0 bridgehead atoms. The number of hydrogen-bond acceptors (Lipinski definition) is 7. The van der Waals surface area contributed by atoms with Gasteiger partial charge in [-0.2, -0.15) is 4.98 Å². The minimum atomic E-state index is 0.552. The van der Waals surface area contributed by atoms with Crippen molar-refractivity contribution in [2.45, 2.75) is 10.1 Å². The Morgan fingerprint density at radius 1 is 1.04 bits per heavy atom. The molecular weight excluding hydrogens is 372 g/mol. The van der Waals surface area contributed by atoms with E-state index in [4.69, 9.17) is 16.7 Å². The standard InChI is InChI=1S/C17H12N4OS3/c23-17-21(13-9-5-2-6-10-13)19-16(25-17)24-11-14-18-15(20-22-14)12-7-3-1-4-8-12/h1-10H,11H2. The van der Waals surface area contributed by atoms with Gasteiger partial charge >= 0.3 is 0 Å². The van der Waals surface area contributed by atoms with E-state index in [0.29, 0.717) is 21.4 Å². The van der Waals surface area contributed by atoms with Gasteiger partial charge in [0.25, 0.3) is 0 Å². The normalized spacial score (nSPS) is 10.9. The van der Waals surface area contributed by atoms with E-state index in [1.165, 1.54) is 23.1 Å². The summed E-state index contributed by atoms with van der Waals surface area (Å²) in [6.07, 6.45) is 0. The molecule has 0 amide bonds. The number of rotatable bonds is 5. The second-order valence-corrected chi connectivity index (χ2v) is 7.89. The van der Waals surface area contributed by atoms with E-state index in [1.54, 1.807) is 4.68 Å². The van der Waals surface area contributed by atoms with Crippen molar-refractivity contribution in [2.75, 3.05) is 0 Å². The minimum Gasteiger partial charge on any atom is -0.338 e. The summed E-state index contributed by atoms with van der Waals surface area (Å²) in [5.41, 5.74) is 1.89. The highest BCUT2D eigenvalue weighted by atomic mass is 32.2. The lowest BCUT2D eigenvalue weighted by atomic mass is 10.2. The van der Waals surface area contributed by atoms with Crippen molar-refractivity contribution >= 4 is 35.3 Å². The highest BCUT2D eigenvalue weighted by Gasteiger charge is 2.11. The van der Waals surface area contributed by atoms with Crippen LogP contribution in [0.3, 0.4) is 0 Å². The molecule has 0 aliphatic carbocycles. The molecule has 0 saturated heterocycles. The van der Waals surface area contributed by atoms with Gasteiger partial charge in [-0.15, -0.1) is 5.10 Å². The van der Waals surface area contributed by atoms with Gasteiger partial charge < -0.3 is 4.52 Å². The molecule has 0 saturated carbocycles. The molecule has 5 nitrogen and oxygen atoms in total. The maximum Gasteiger partial charge on any atom is 0.237 e. The minimum absolute atomic E-state index is 0.552. The molecule has 4 aromatic rings. The summed E-state index contributed by atoms with van der Waals surface area (Å²) in [6, 6.07) is 19.6. The third-order valence-electron chi connectivity index (χ3n) is 3.35. The Morgan fingerprint density at radius 2 is 1.76 bits per heavy atom. The van der Waals surface area contributed by atoms with Crippen LogP contribution in [0, 0.1) is 3.95 Å². The highest BCUT2D eigenvalue weighted by molar-refractivity contribution is 8.00. The Bertz CT molecular complexity index is 1020. The number of hydrogen-bond donors (Lipinski definition) is 0. The summed E-state index contributed by atoms with van der Waals surface area (Å²) in [4.78, 5) is 4.43. The lowest BCUT2D eigenvalue weighted by molar-refractivity contribution is 0.391. The van der Waals surface area contributed by atoms with Crippen LogP contribution in [-0.4, -0.2) is 19.9 Å². The zero-order valence-corrected chi connectivity index (χ0v) is 15.4. The lowest BCUT2D eigenvalue weighted by Crippen LogP contribution is -1.95. The summed E-state index contributed by atoms with van der Waals surface area (Å²) in [5, 5.41) is 8.59. The predicted octanol–water partition coefficient (Wildman–Crippen LogP) is 5.01. The SMILES string of the molecule is S=c1sc(SCc2nc(-c3ccccc3)no2)nn1-c1ccccc1. The molecule has 0 radical (unpaired) electrons. The molecule has 0 fully saturated rings. The molecule has 2 heterocycles. The maximum absolute atomic E-state index is 5.41. The van der Waals surface area contributed by atoms with Gasteiger partial charge in [-0.3, -0.25) is 0 Å². The van der Waals surface area contributed by atoms with Crippen molar-refractivity contribution < 1.29 is 4.52 Å². The van der Waals surface area contributed by atoms with Gasteiger partial charge in [-0.05, 0) is 24.4 Å². The Balaban J connectivity index is 1.48. The summed E-state index contributed by atoms with van der Waals surface area (Å²) >= 11 is 8.41. The number of aromatic nitrogens is 4. The molecular formula is C17H12N4OS3. The number of thioether (sulfide) groups is 1. The fourth-order valence-corrected chi connectivity index (χ4v) is 4.39. The van der Waals surface area contributed by atoms with Crippen LogP contribution in [-0.2, 0) is 5.75 Å². The Kier molecular flexibility index (Phi) is 4.73. The van der Waals surface area contributed by atoms with Crippen molar-refractivity contribution in [2.24, 2.45) is 0 Å². The van der Waals surface area contributed by atoms with Gasteiger partial charge in [0, 0.05) is 5.56 Å². The van der Waals surface area contributed by atoms with Gasteiger partial charge in [-0.1, -0.05) is 76.8 Å². The van der Waals surface area contributed by atoms with Crippen molar-refractivity contribution in [3.63, 3.8) is 0 Å². The van der Waals surface area contributed by atoms with Crippen LogP contribution >= 0.6 is 35.3 Å². The van der Waals surface area contributed by atoms with Crippen LogP contribution < -0.4 is 0 Å². The molecule has 2 aromatic carbocycles. The van der Waals surface area contributed by atoms with Gasteiger partial charge in [0.1, 0.15) is 0 Å². The first-order valence-electron chi connectivity index (χ1n) is 7.46. The van der Waals surface area contributed by atoms with Crippen molar-refractivity contribution in [3.05, 3.63) is 70.5 Å². The molecule has 0 spiro atoms. The van der Waals surface area contributed by atoms with Crippen LogP contribution in [0.5, 0.6) is 0 Å². The zero-order valence-electron chi connectivity index (χ0n) is 12.9. The van der Waals surface area contributed by atoms with E-state index in [1.807, 2.05) is 60.7 Å².